The van der Waals surface area contributed by atoms with Crippen LogP contribution in [0.3, 0.4) is 0 Å². The molecule has 2 aromatic rings. The quantitative estimate of drug-likeness (QED) is 0.621. The van der Waals surface area contributed by atoms with Crippen LogP contribution < -0.4 is 5.32 Å². The van der Waals surface area contributed by atoms with Gasteiger partial charge in [-0.1, -0.05) is 31.2 Å². The third-order valence-electron chi connectivity index (χ3n) is 4.96. The number of nitro groups is 1. The summed E-state index contributed by atoms with van der Waals surface area (Å²) < 4.78 is 0. The number of hydrogen-bond acceptors (Lipinski definition) is 5. The lowest BCUT2D eigenvalue weighted by atomic mass is 9.98. The fourth-order valence-corrected chi connectivity index (χ4v) is 4.33. The van der Waals surface area contributed by atoms with Crippen molar-refractivity contribution in [1.29, 1.82) is 0 Å². The molecule has 1 N–H and O–H groups in total. The number of thiophene rings is 1. The highest BCUT2D eigenvalue weighted by Gasteiger charge is 2.24. The fourth-order valence-electron chi connectivity index (χ4n) is 3.42. The van der Waals surface area contributed by atoms with E-state index in [1.165, 1.54) is 28.5 Å². The molecular weight excluding hydrogens is 350 g/mol. The molecule has 1 unspecified atom stereocenters. The van der Waals surface area contributed by atoms with Gasteiger partial charge in [0.2, 0.25) is 0 Å². The van der Waals surface area contributed by atoms with E-state index in [1.807, 2.05) is 0 Å². The van der Waals surface area contributed by atoms with Gasteiger partial charge >= 0.3 is 0 Å². The van der Waals surface area contributed by atoms with Crippen LogP contribution in [0.25, 0.3) is 0 Å². The molecule has 1 aliphatic rings. The van der Waals surface area contributed by atoms with E-state index < -0.39 is 4.92 Å². The zero-order chi connectivity index (χ0) is 18.7. The summed E-state index contributed by atoms with van der Waals surface area (Å²) in [6.07, 6.45) is 1.96. The zero-order valence-electron chi connectivity index (χ0n) is 15.0. The number of rotatable bonds is 6. The molecule has 6 nitrogen and oxygen atoms in total. The van der Waals surface area contributed by atoms with Gasteiger partial charge in [-0.2, -0.15) is 0 Å². The van der Waals surface area contributed by atoms with Crippen molar-refractivity contribution in [3.63, 3.8) is 0 Å². The first-order chi connectivity index (χ1) is 12.5. The highest BCUT2D eigenvalue weighted by molar-refractivity contribution is 7.14. The van der Waals surface area contributed by atoms with E-state index >= 15 is 0 Å². The second-order valence-electron chi connectivity index (χ2n) is 6.57. The molecule has 0 bridgehead atoms. The molecule has 0 saturated carbocycles. The lowest BCUT2D eigenvalue weighted by Gasteiger charge is -2.35. The number of amides is 1. The number of carbonyl (C=O) groups excluding carboxylic acids is 1. The number of nitrogens with zero attached hydrogens (tertiary/aromatic N) is 2. The van der Waals surface area contributed by atoms with Crippen LogP contribution in [0.1, 0.15) is 39.0 Å². The Labute approximate surface area is 157 Å². The van der Waals surface area contributed by atoms with Gasteiger partial charge in [0.1, 0.15) is 0 Å². The van der Waals surface area contributed by atoms with Crippen LogP contribution in [-0.4, -0.2) is 34.9 Å². The lowest BCUT2D eigenvalue weighted by molar-refractivity contribution is -0.385. The number of hydrogen-bond donors (Lipinski definition) is 1. The average molecular weight is 373 g/mol. The van der Waals surface area contributed by atoms with Gasteiger partial charge in [0.25, 0.3) is 11.6 Å². The molecule has 26 heavy (non-hydrogen) atoms. The molecular formula is C19H23N3O3S. The van der Waals surface area contributed by atoms with Crippen LogP contribution in [0.15, 0.2) is 30.3 Å². The third-order valence-corrected chi connectivity index (χ3v) is 6.00. The van der Waals surface area contributed by atoms with E-state index in [9.17, 15) is 14.9 Å². The second-order valence-corrected chi connectivity index (χ2v) is 7.83. The number of benzene rings is 1. The van der Waals surface area contributed by atoms with E-state index in [0.717, 1.165) is 25.9 Å². The number of carbonyl (C=O) groups is 1. The van der Waals surface area contributed by atoms with Gasteiger partial charge in [0, 0.05) is 31.7 Å². The minimum Gasteiger partial charge on any atom is -0.350 e. The van der Waals surface area contributed by atoms with E-state index in [4.69, 9.17) is 0 Å². The van der Waals surface area contributed by atoms with Gasteiger partial charge in [-0.25, -0.2) is 0 Å². The standard InChI is InChI=1S/C19H23N3O3S/c1-3-16(21-9-8-14-6-4-5-7-15(14)12-21)11-20-19(23)18-10-17(22(24)25)13(2)26-18/h4-7,10,16H,3,8-9,11-12H2,1-2H3,(H,20,23). The maximum absolute atomic E-state index is 12.4. The van der Waals surface area contributed by atoms with Gasteiger partial charge in [-0.3, -0.25) is 19.8 Å². The largest absolute Gasteiger partial charge is 0.350 e. The van der Waals surface area contributed by atoms with Gasteiger partial charge < -0.3 is 5.32 Å². The van der Waals surface area contributed by atoms with Crippen molar-refractivity contribution in [2.24, 2.45) is 0 Å². The van der Waals surface area contributed by atoms with Crippen LogP contribution in [0, 0.1) is 17.0 Å². The Bertz CT molecular complexity index is 818. The Kier molecular flexibility index (Phi) is 5.68. The molecule has 0 aliphatic carbocycles. The highest BCUT2D eigenvalue weighted by atomic mass is 32.1. The molecule has 0 radical (unpaired) electrons. The van der Waals surface area contributed by atoms with Gasteiger partial charge in [0.15, 0.2) is 0 Å². The van der Waals surface area contributed by atoms with Crippen molar-refractivity contribution < 1.29 is 9.72 Å². The first-order valence-corrected chi connectivity index (χ1v) is 9.65. The predicted octanol–water partition coefficient (Wildman–Crippen LogP) is 3.53. The Balaban J connectivity index is 1.61. The van der Waals surface area contributed by atoms with Crippen molar-refractivity contribution in [2.75, 3.05) is 13.1 Å². The topological polar surface area (TPSA) is 75.5 Å². The summed E-state index contributed by atoms with van der Waals surface area (Å²) in [7, 11) is 0. The molecule has 1 aliphatic heterocycles. The van der Waals surface area contributed by atoms with Crippen molar-refractivity contribution in [1.82, 2.24) is 10.2 Å². The first kappa shape index (κ1) is 18.5. The summed E-state index contributed by atoms with van der Waals surface area (Å²) in [4.78, 5) is 26.3. The SMILES string of the molecule is CCC(CNC(=O)c1cc([N+](=O)[O-])c(C)s1)N1CCc2ccccc2C1. The van der Waals surface area contributed by atoms with Crippen LogP contribution in [0.5, 0.6) is 0 Å². The predicted molar refractivity (Wildman–Crippen MR) is 103 cm³/mol. The second kappa shape index (κ2) is 7.97. The van der Waals surface area contributed by atoms with Gasteiger partial charge in [-0.05, 0) is 30.9 Å². The molecule has 0 saturated heterocycles. The maximum atomic E-state index is 12.4. The zero-order valence-corrected chi connectivity index (χ0v) is 15.8. The van der Waals surface area contributed by atoms with Crippen molar-refractivity contribution in [3.8, 4) is 0 Å². The van der Waals surface area contributed by atoms with Crippen LogP contribution in [-0.2, 0) is 13.0 Å². The molecule has 0 spiro atoms. The fraction of sp³-hybridized carbons (Fsp3) is 0.421. The summed E-state index contributed by atoms with van der Waals surface area (Å²) >= 11 is 1.17. The van der Waals surface area contributed by atoms with Crippen LogP contribution >= 0.6 is 11.3 Å². The third kappa shape index (κ3) is 3.94. The molecule has 7 heteroatoms. The van der Waals surface area contributed by atoms with Crippen LogP contribution in [0.2, 0.25) is 0 Å². The number of aryl methyl sites for hydroxylation is 1. The molecule has 1 aromatic carbocycles. The van der Waals surface area contributed by atoms with Crippen molar-refractivity contribution in [3.05, 3.63) is 61.3 Å². The summed E-state index contributed by atoms with van der Waals surface area (Å²) in [6.45, 7) is 6.21. The number of nitrogens with one attached hydrogen (secondary N) is 1. The monoisotopic (exact) mass is 373 g/mol. The Morgan fingerprint density at radius 3 is 2.77 bits per heavy atom. The Hall–Kier alpha value is -2.25. The molecule has 3 rings (SSSR count). The summed E-state index contributed by atoms with van der Waals surface area (Å²) in [5.74, 6) is -0.234. The Morgan fingerprint density at radius 2 is 2.12 bits per heavy atom. The summed E-state index contributed by atoms with van der Waals surface area (Å²) in [5, 5.41) is 13.9. The van der Waals surface area contributed by atoms with Crippen molar-refractivity contribution in [2.45, 2.75) is 39.3 Å². The molecule has 1 amide bonds. The normalized spacial score (nSPS) is 15.3. The minimum atomic E-state index is -0.442. The molecule has 1 aromatic heterocycles. The van der Waals surface area contributed by atoms with Gasteiger partial charge in [0.05, 0.1) is 14.7 Å². The van der Waals surface area contributed by atoms with E-state index in [-0.39, 0.29) is 17.6 Å². The number of fused-ring (bicyclic) bond motifs is 1. The lowest BCUT2D eigenvalue weighted by Crippen LogP contribution is -2.45. The molecule has 1 atom stereocenters. The average Bonchev–Trinajstić information content (AvgIpc) is 3.04. The summed E-state index contributed by atoms with van der Waals surface area (Å²) in [5.41, 5.74) is 2.77. The highest BCUT2D eigenvalue weighted by Crippen LogP contribution is 2.28. The van der Waals surface area contributed by atoms with Crippen molar-refractivity contribution >= 4 is 22.9 Å². The van der Waals surface area contributed by atoms with E-state index in [0.29, 0.717) is 16.3 Å². The minimum absolute atomic E-state index is 0.0137. The Morgan fingerprint density at radius 1 is 1.38 bits per heavy atom. The maximum Gasteiger partial charge on any atom is 0.283 e. The summed E-state index contributed by atoms with van der Waals surface area (Å²) in [6, 6.07) is 10.1. The molecule has 0 fully saturated rings. The molecule has 138 valence electrons. The smallest absolute Gasteiger partial charge is 0.283 e. The van der Waals surface area contributed by atoms with Gasteiger partial charge in [-0.15, -0.1) is 11.3 Å². The van der Waals surface area contributed by atoms with E-state index in [2.05, 4.69) is 41.4 Å². The van der Waals surface area contributed by atoms with Crippen LogP contribution in [0.4, 0.5) is 5.69 Å². The molecule has 2 heterocycles. The first-order valence-electron chi connectivity index (χ1n) is 8.83. The van der Waals surface area contributed by atoms with E-state index in [1.54, 1.807) is 6.92 Å².